The summed E-state index contributed by atoms with van der Waals surface area (Å²) >= 11 is 0. The highest BCUT2D eigenvalue weighted by molar-refractivity contribution is 7.45. The van der Waals surface area contributed by atoms with E-state index in [1.807, 2.05) is 0 Å². The minimum atomic E-state index is -4.64. The van der Waals surface area contributed by atoms with E-state index >= 15 is 0 Å². The second-order valence-electron chi connectivity index (χ2n) is 1.03. The Morgan fingerprint density at radius 1 is 0.571 bits per heavy atom. The van der Waals surface area contributed by atoms with Crippen molar-refractivity contribution in [2.45, 2.75) is 0 Å². The van der Waals surface area contributed by atoms with Gasteiger partial charge in [0, 0.05) is 0 Å². The van der Waals surface area contributed by atoms with Crippen molar-refractivity contribution < 1.29 is 38.5 Å². The topological polar surface area (TPSA) is 261 Å². The van der Waals surface area contributed by atoms with Crippen LogP contribution in [-0.2, 0) is 9.13 Å². The second kappa shape index (κ2) is 13.5. The standard InChI is InChI=1S/3H3N.2H3O4P.H3P/c;;;2*1-5(2,3)4;/h3*1H3;2*(H3,1,2,3,4);1H3. The highest BCUT2D eigenvalue weighted by Gasteiger charge is 2.00. The van der Waals surface area contributed by atoms with Crippen molar-refractivity contribution in [1.29, 1.82) is 0 Å². The Labute approximate surface area is 83.4 Å². The number of phosphoric acid groups is 2. The van der Waals surface area contributed by atoms with Gasteiger partial charge in [-0.2, -0.15) is 9.90 Å². The molecule has 0 aliphatic heterocycles. The minimum Gasteiger partial charge on any atom is -0.344 e. The third-order valence-corrected chi connectivity index (χ3v) is 0. The summed E-state index contributed by atoms with van der Waals surface area (Å²) in [5.41, 5.74) is 0. The van der Waals surface area contributed by atoms with Gasteiger partial charge in [-0.15, -0.1) is 0 Å². The van der Waals surface area contributed by atoms with Gasteiger partial charge in [0.2, 0.25) is 0 Å². The van der Waals surface area contributed by atoms with Crippen molar-refractivity contribution in [3.05, 3.63) is 0 Å². The number of rotatable bonds is 0. The van der Waals surface area contributed by atoms with Crippen LogP contribution in [0.25, 0.3) is 0 Å². The molecule has 15 N–H and O–H groups in total. The van der Waals surface area contributed by atoms with E-state index in [1.165, 1.54) is 0 Å². The van der Waals surface area contributed by atoms with E-state index in [0.29, 0.717) is 0 Å². The van der Waals surface area contributed by atoms with Gasteiger partial charge in [0.1, 0.15) is 0 Å². The van der Waals surface area contributed by atoms with Crippen LogP contribution in [-0.4, -0.2) is 29.4 Å². The number of hydrogen-bond acceptors (Lipinski definition) is 5. The van der Waals surface area contributed by atoms with Crippen molar-refractivity contribution in [1.82, 2.24) is 18.5 Å². The Morgan fingerprint density at radius 2 is 0.571 bits per heavy atom. The van der Waals surface area contributed by atoms with Gasteiger partial charge in [-0.25, -0.2) is 9.13 Å². The third kappa shape index (κ3) is 5930. The fourth-order valence-corrected chi connectivity index (χ4v) is 0. The van der Waals surface area contributed by atoms with Crippen LogP contribution in [0, 0.1) is 0 Å². The van der Waals surface area contributed by atoms with Gasteiger partial charge in [0.15, 0.2) is 0 Å². The summed E-state index contributed by atoms with van der Waals surface area (Å²) in [6.07, 6.45) is 0. The van der Waals surface area contributed by atoms with E-state index in [2.05, 4.69) is 0 Å². The highest BCUT2D eigenvalue weighted by atomic mass is 31.2. The Morgan fingerprint density at radius 3 is 0.571 bits per heavy atom. The van der Waals surface area contributed by atoms with E-state index in [1.54, 1.807) is 0 Å². The molecular formula is H18N3O8P3. The van der Waals surface area contributed by atoms with Gasteiger partial charge in [0.05, 0.1) is 0 Å². The molecule has 0 spiro atoms. The molecule has 0 aromatic heterocycles. The largest absolute Gasteiger partial charge is 0.466 e. The van der Waals surface area contributed by atoms with Crippen LogP contribution in [0.5, 0.6) is 0 Å². The molecule has 14 heavy (non-hydrogen) atoms. The van der Waals surface area contributed by atoms with Crippen molar-refractivity contribution in [2.24, 2.45) is 0 Å². The van der Waals surface area contributed by atoms with Crippen LogP contribution in [0.4, 0.5) is 0 Å². The molecule has 1 atom stereocenters. The molecule has 14 heteroatoms. The van der Waals surface area contributed by atoms with Gasteiger partial charge in [-0.3, -0.25) is 0 Å². The molecule has 0 rings (SSSR count). The maximum Gasteiger partial charge on any atom is 0.466 e. The van der Waals surface area contributed by atoms with E-state index < -0.39 is 15.6 Å². The average Bonchev–Trinajstić information content (AvgIpc) is 1.12. The maximum absolute atomic E-state index is 8.88. The summed E-state index contributed by atoms with van der Waals surface area (Å²) < 4.78 is 17.8. The predicted octanol–water partition coefficient (Wildman–Crippen LogP) is -1.31. The van der Waals surface area contributed by atoms with Crippen LogP contribution >= 0.6 is 25.5 Å². The highest BCUT2D eigenvalue weighted by Crippen LogP contribution is 2.26. The molecule has 0 heterocycles. The van der Waals surface area contributed by atoms with Crippen molar-refractivity contribution >= 4 is 25.5 Å². The summed E-state index contributed by atoms with van der Waals surface area (Å²) in [7, 11) is -9.28. The van der Waals surface area contributed by atoms with Gasteiger partial charge in [0.25, 0.3) is 0 Å². The van der Waals surface area contributed by atoms with E-state index in [0.717, 1.165) is 0 Å². The molecule has 0 fully saturated rings. The number of hydrogen-bond donors (Lipinski definition) is 9. The molecule has 0 saturated heterocycles. The van der Waals surface area contributed by atoms with Gasteiger partial charge in [-0.1, -0.05) is 0 Å². The van der Waals surface area contributed by atoms with Crippen molar-refractivity contribution in [3.8, 4) is 0 Å². The zero-order chi connectivity index (χ0) is 9.00. The predicted molar refractivity (Wildman–Crippen MR) is 54.7 cm³/mol. The fourth-order valence-electron chi connectivity index (χ4n) is 0. The Hall–Kier alpha value is 0.530. The summed E-state index contributed by atoms with van der Waals surface area (Å²) in [4.78, 5) is 43.1. The summed E-state index contributed by atoms with van der Waals surface area (Å²) in [5, 5.41) is 0. The Bertz CT molecular complexity index is 132. The molecule has 1 unspecified atom stereocenters. The molecule has 0 aromatic carbocycles. The molecule has 0 amide bonds. The van der Waals surface area contributed by atoms with Crippen LogP contribution in [0.1, 0.15) is 0 Å². The first-order valence-electron chi connectivity index (χ1n) is 1.57. The van der Waals surface area contributed by atoms with Crippen molar-refractivity contribution in [2.75, 3.05) is 0 Å². The first kappa shape index (κ1) is 36.6. The van der Waals surface area contributed by atoms with Gasteiger partial charge < -0.3 is 47.8 Å². The molecule has 0 aliphatic rings. The quantitative estimate of drug-likeness (QED) is 0.235. The summed E-state index contributed by atoms with van der Waals surface area (Å²) in [5.74, 6) is 0. The average molecular weight is 281 g/mol. The van der Waals surface area contributed by atoms with Gasteiger partial charge in [-0.05, 0) is 0 Å². The van der Waals surface area contributed by atoms with Crippen molar-refractivity contribution in [3.63, 3.8) is 0 Å². The zero-order valence-electron chi connectivity index (χ0n) is 7.22. The normalized spacial score (nSPS) is 8.43. The lowest BCUT2D eigenvalue weighted by Gasteiger charge is -1.82. The lowest BCUT2D eigenvalue weighted by Crippen LogP contribution is -1.66. The van der Waals surface area contributed by atoms with Crippen LogP contribution in [0.15, 0.2) is 0 Å². The molecular weight excluding hydrogens is 263 g/mol. The molecule has 11 nitrogen and oxygen atoms in total. The molecule has 0 saturated carbocycles. The smallest absolute Gasteiger partial charge is 0.344 e. The van der Waals surface area contributed by atoms with E-state index in [-0.39, 0.29) is 28.4 Å². The maximum atomic E-state index is 8.88. The lowest BCUT2D eigenvalue weighted by molar-refractivity contribution is 0.272. The SMILES string of the molecule is N.N.N.O=P(O)(O)O.O=P(O)(O)O.P. The zero-order valence-corrected chi connectivity index (χ0v) is 10.4. The van der Waals surface area contributed by atoms with Crippen LogP contribution < -0.4 is 18.5 Å². The van der Waals surface area contributed by atoms with Crippen LogP contribution in [0.3, 0.4) is 0 Å². The Kier molecular flexibility index (Phi) is 35.3. The third-order valence-electron chi connectivity index (χ3n) is 0. The first-order chi connectivity index (χ1) is 4.00. The molecule has 0 radical (unpaired) electrons. The van der Waals surface area contributed by atoms with E-state index in [9.17, 15) is 0 Å². The summed E-state index contributed by atoms with van der Waals surface area (Å²) in [6, 6.07) is 0. The van der Waals surface area contributed by atoms with E-state index in [4.69, 9.17) is 38.5 Å². The van der Waals surface area contributed by atoms with Gasteiger partial charge >= 0.3 is 15.6 Å². The molecule has 0 aromatic rings. The summed E-state index contributed by atoms with van der Waals surface area (Å²) in [6.45, 7) is 0. The molecule has 0 aliphatic carbocycles. The van der Waals surface area contributed by atoms with Crippen LogP contribution in [0.2, 0.25) is 0 Å². The Balaban J connectivity index is -0.0000000178. The lowest BCUT2D eigenvalue weighted by atomic mass is 14.0. The molecule has 96 valence electrons. The minimum absolute atomic E-state index is 0. The first-order valence-corrected chi connectivity index (χ1v) is 4.70. The monoisotopic (exact) mass is 281 g/mol. The fraction of sp³-hybridized carbons (Fsp3) is 0. The molecule has 0 bridgehead atoms. The second-order valence-corrected chi connectivity index (χ2v) is 3.08.